The first-order valence-electron chi connectivity index (χ1n) is 11.9. The SMILES string of the molecule is CSc1ccc2nc(N(CCN3CCOCC3)C(=O)c3ccc(C(=O)c4ccccc4)cc3)sc2c1. The van der Waals surface area contributed by atoms with Gasteiger partial charge in [0.2, 0.25) is 0 Å². The van der Waals surface area contributed by atoms with Gasteiger partial charge in [0.15, 0.2) is 10.9 Å². The molecular weight excluding hydrogens is 490 g/mol. The molecule has 5 rings (SSSR count). The molecule has 8 heteroatoms. The van der Waals surface area contributed by atoms with Gasteiger partial charge in [-0.2, -0.15) is 0 Å². The number of nitrogens with zero attached hydrogens (tertiary/aromatic N) is 3. The van der Waals surface area contributed by atoms with E-state index in [0.717, 1.165) is 29.9 Å². The van der Waals surface area contributed by atoms with Crippen molar-refractivity contribution in [1.82, 2.24) is 9.88 Å². The Balaban J connectivity index is 1.41. The number of anilines is 1. The fourth-order valence-electron chi connectivity index (χ4n) is 4.16. The highest BCUT2D eigenvalue weighted by molar-refractivity contribution is 7.98. The zero-order valence-electron chi connectivity index (χ0n) is 20.1. The Kier molecular flexibility index (Phi) is 7.77. The van der Waals surface area contributed by atoms with Gasteiger partial charge in [0.25, 0.3) is 5.91 Å². The summed E-state index contributed by atoms with van der Waals surface area (Å²) in [6, 6.07) is 22.3. The van der Waals surface area contributed by atoms with Crippen LogP contribution in [0.2, 0.25) is 0 Å². The molecule has 4 aromatic rings. The van der Waals surface area contributed by atoms with E-state index in [2.05, 4.69) is 17.0 Å². The van der Waals surface area contributed by atoms with Crippen LogP contribution in [0.4, 0.5) is 5.13 Å². The summed E-state index contributed by atoms with van der Waals surface area (Å²) in [5, 5.41) is 0.686. The molecule has 1 saturated heterocycles. The first-order valence-corrected chi connectivity index (χ1v) is 13.9. The van der Waals surface area contributed by atoms with Crippen molar-refractivity contribution in [2.24, 2.45) is 0 Å². The summed E-state index contributed by atoms with van der Waals surface area (Å²) in [5.41, 5.74) is 2.61. The maximum Gasteiger partial charge on any atom is 0.260 e. The number of ketones is 1. The van der Waals surface area contributed by atoms with Gasteiger partial charge in [-0.1, -0.05) is 53.8 Å². The minimum absolute atomic E-state index is 0.0606. The lowest BCUT2D eigenvalue weighted by atomic mass is 10.0. The molecule has 1 fully saturated rings. The van der Waals surface area contributed by atoms with Crippen LogP contribution in [0.5, 0.6) is 0 Å². The van der Waals surface area contributed by atoms with Crippen molar-refractivity contribution in [1.29, 1.82) is 0 Å². The molecule has 1 aliphatic heterocycles. The fourth-order valence-corrected chi connectivity index (χ4v) is 5.71. The number of benzene rings is 3. The van der Waals surface area contributed by atoms with Gasteiger partial charge in [-0.05, 0) is 36.6 Å². The molecule has 0 saturated carbocycles. The molecule has 1 aromatic heterocycles. The van der Waals surface area contributed by atoms with Crippen molar-refractivity contribution in [2.75, 3.05) is 50.5 Å². The summed E-state index contributed by atoms with van der Waals surface area (Å²) < 4.78 is 6.53. The number of ether oxygens (including phenoxy) is 1. The molecule has 0 N–H and O–H groups in total. The standard InChI is InChI=1S/C28H27N3O3S2/c1-35-23-11-12-24-25(19-23)36-28(29-24)31(14-13-30-15-17-34-18-16-30)27(33)22-9-7-21(8-10-22)26(32)20-5-3-2-4-6-20/h2-12,19H,13-18H2,1H3. The normalized spacial score (nSPS) is 14.1. The Bertz CT molecular complexity index is 1350. The molecule has 36 heavy (non-hydrogen) atoms. The topological polar surface area (TPSA) is 62.7 Å². The summed E-state index contributed by atoms with van der Waals surface area (Å²) in [6.07, 6.45) is 2.05. The zero-order valence-corrected chi connectivity index (χ0v) is 21.7. The summed E-state index contributed by atoms with van der Waals surface area (Å²) in [6.45, 7) is 4.40. The molecule has 1 amide bonds. The fraction of sp³-hybridized carbons (Fsp3) is 0.250. The number of carbonyl (C=O) groups is 2. The molecule has 0 unspecified atom stereocenters. The first-order chi connectivity index (χ1) is 17.6. The number of thioether (sulfide) groups is 1. The number of hydrogen-bond donors (Lipinski definition) is 0. The third-order valence-corrected chi connectivity index (χ3v) is 8.00. The minimum Gasteiger partial charge on any atom is -0.379 e. The van der Waals surface area contributed by atoms with Gasteiger partial charge in [-0.3, -0.25) is 19.4 Å². The average Bonchev–Trinajstić information content (AvgIpc) is 3.36. The highest BCUT2D eigenvalue weighted by Crippen LogP contribution is 2.32. The third-order valence-electron chi connectivity index (χ3n) is 6.23. The quantitative estimate of drug-likeness (QED) is 0.236. The van der Waals surface area contributed by atoms with Crippen LogP contribution in [0.1, 0.15) is 26.3 Å². The Morgan fingerprint density at radius 3 is 2.39 bits per heavy atom. The second kappa shape index (κ2) is 11.3. The molecule has 0 spiro atoms. The smallest absolute Gasteiger partial charge is 0.260 e. The van der Waals surface area contributed by atoms with Crippen molar-refractivity contribution in [3.63, 3.8) is 0 Å². The number of aromatic nitrogens is 1. The predicted octanol–water partition coefficient (Wildman–Crippen LogP) is 5.23. The minimum atomic E-state index is -0.119. The number of hydrogen-bond acceptors (Lipinski definition) is 7. The predicted molar refractivity (Wildman–Crippen MR) is 147 cm³/mol. The van der Waals surface area contributed by atoms with Crippen LogP contribution in [-0.4, -0.2) is 67.2 Å². The second-order valence-electron chi connectivity index (χ2n) is 8.51. The monoisotopic (exact) mass is 517 g/mol. The van der Waals surface area contributed by atoms with Crippen molar-refractivity contribution < 1.29 is 14.3 Å². The van der Waals surface area contributed by atoms with Crippen molar-refractivity contribution >= 4 is 50.1 Å². The third kappa shape index (κ3) is 5.52. The van der Waals surface area contributed by atoms with Gasteiger partial charge in [-0.25, -0.2) is 4.98 Å². The molecule has 3 aromatic carbocycles. The first kappa shape index (κ1) is 24.6. The van der Waals surface area contributed by atoms with Crippen molar-refractivity contribution in [2.45, 2.75) is 4.90 Å². The molecule has 1 aliphatic rings. The lowest BCUT2D eigenvalue weighted by Gasteiger charge is -2.29. The van der Waals surface area contributed by atoms with E-state index in [1.54, 1.807) is 53.1 Å². The summed E-state index contributed by atoms with van der Waals surface area (Å²) in [7, 11) is 0. The molecule has 0 atom stereocenters. The maximum atomic E-state index is 13.7. The number of carbonyl (C=O) groups excluding carboxylic acids is 2. The molecule has 0 radical (unpaired) electrons. The highest BCUT2D eigenvalue weighted by atomic mass is 32.2. The van der Waals surface area contributed by atoms with E-state index >= 15 is 0 Å². The van der Waals surface area contributed by atoms with Gasteiger partial charge in [0.1, 0.15) is 0 Å². The number of morpholine rings is 1. The van der Waals surface area contributed by atoms with Crippen molar-refractivity contribution in [3.05, 3.63) is 89.5 Å². The van der Waals surface area contributed by atoms with E-state index in [4.69, 9.17) is 9.72 Å². The lowest BCUT2D eigenvalue weighted by molar-refractivity contribution is 0.0391. The van der Waals surface area contributed by atoms with Gasteiger partial charge in [-0.15, -0.1) is 11.8 Å². The van der Waals surface area contributed by atoms with E-state index in [-0.39, 0.29) is 11.7 Å². The Hall–Kier alpha value is -3.04. The molecule has 0 aliphatic carbocycles. The second-order valence-corrected chi connectivity index (χ2v) is 10.4. The Labute approximate surface area is 218 Å². The van der Waals surface area contributed by atoms with E-state index in [1.807, 2.05) is 30.5 Å². The summed E-state index contributed by atoms with van der Waals surface area (Å²) in [4.78, 5) is 36.6. The lowest BCUT2D eigenvalue weighted by Crippen LogP contribution is -2.43. The van der Waals surface area contributed by atoms with E-state index in [9.17, 15) is 9.59 Å². The number of thiazole rings is 1. The van der Waals surface area contributed by atoms with E-state index < -0.39 is 0 Å². The van der Waals surface area contributed by atoms with Gasteiger partial charge in [0, 0.05) is 47.8 Å². The van der Waals surface area contributed by atoms with Gasteiger partial charge >= 0.3 is 0 Å². The van der Waals surface area contributed by atoms with Crippen LogP contribution in [0.15, 0.2) is 77.7 Å². The van der Waals surface area contributed by atoms with E-state index in [0.29, 0.717) is 41.6 Å². The largest absolute Gasteiger partial charge is 0.379 e. The van der Waals surface area contributed by atoms with Crippen LogP contribution in [0.25, 0.3) is 10.2 Å². The maximum absolute atomic E-state index is 13.7. The highest BCUT2D eigenvalue weighted by Gasteiger charge is 2.23. The van der Waals surface area contributed by atoms with Gasteiger partial charge in [0.05, 0.1) is 23.4 Å². The molecule has 6 nitrogen and oxygen atoms in total. The van der Waals surface area contributed by atoms with Crippen LogP contribution >= 0.6 is 23.1 Å². The molecule has 2 heterocycles. The van der Waals surface area contributed by atoms with E-state index in [1.165, 1.54) is 16.2 Å². The number of fused-ring (bicyclic) bond motifs is 1. The Morgan fingerprint density at radius 2 is 1.67 bits per heavy atom. The molecule has 0 bridgehead atoms. The Morgan fingerprint density at radius 1 is 0.972 bits per heavy atom. The zero-order chi connectivity index (χ0) is 24.9. The summed E-state index contributed by atoms with van der Waals surface area (Å²) >= 11 is 3.22. The van der Waals surface area contributed by atoms with Gasteiger partial charge < -0.3 is 4.74 Å². The van der Waals surface area contributed by atoms with Crippen LogP contribution in [0.3, 0.4) is 0 Å². The molecular formula is C28H27N3O3S2. The van der Waals surface area contributed by atoms with Crippen LogP contribution < -0.4 is 4.90 Å². The van der Waals surface area contributed by atoms with Crippen LogP contribution in [-0.2, 0) is 4.74 Å². The number of rotatable bonds is 8. The molecule has 184 valence electrons. The summed E-state index contributed by atoms with van der Waals surface area (Å²) in [5.74, 6) is -0.180. The number of amides is 1. The average molecular weight is 518 g/mol. The van der Waals surface area contributed by atoms with Crippen LogP contribution in [0, 0.1) is 0 Å². The van der Waals surface area contributed by atoms with Crippen molar-refractivity contribution in [3.8, 4) is 0 Å².